The van der Waals surface area contributed by atoms with Crippen molar-refractivity contribution in [1.82, 2.24) is 0 Å². The number of carbonyl (C=O) groups excluding carboxylic acids is 1. The second-order valence-electron chi connectivity index (χ2n) is 4.26. The first kappa shape index (κ1) is 14.7. The van der Waals surface area contributed by atoms with Crippen LogP contribution in [0.4, 0.5) is 8.78 Å². The summed E-state index contributed by atoms with van der Waals surface area (Å²) in [5, 5.41) is 0. The molecule has 0 aliphatic rings. The molecule has 0 heterocycles. The summed E-state index contributed by atoms with van der Waals surface area (Å²) in [5.41, 5.74) is 0.774. The van der Waals surface area contributed by atoms with E-state index in [0.717, 1.165) is 10.5 Å². The number of Topliss-reactive ketones (excluding diaryl/α,β-unsaturated/α-hetero) is 1. The lowest BCUT2D eigenvalue weighted by Crippen LogP contribution is -2.02. The number of rotatable bonds is 4. The van der Waals surface area contributed by atoms with Crippen molar-refractivity contribution >= 4 is 21.7 Å². The lowest BCUT2D eigenvalue weighted by Gasteiger charge is -2.10. The van der Waals surface area contributed by atoms with E-state index in [2.05, 4.69) is 15.9 Å². The summed E-state index contributed by atoms with van der Waals surface area (Å²) < 4.78 is 32.3. The number of carbonyl (C=O) groups is 1. The van der Waals surface area contributed by atoms with Crippen LogP contribution in [0.25, 0.3) is 0 Å². The highest BCUT2D eigenvalue weighted by Crippen LogP contribution is 2.24. The zero-order chi connectivity index (χ0) is 14.7. The molecule has 2 rings (SSSR count). The molecule has 0 aromatic heterocycles. The normalized spacial score (nSPS) is 10.4. The molecular formula is C15H11BrF2O2. The molecule has 0 bridgehead atoms. The summed E-state index contributed by atoms with van der Waals surface area (Å²) in [4.78, 5) is 11.5. The van der Waals surface area contributed by atoms with E-state index >= 15 is 0 Å². The van der Waals surface area contributed by atoms with E-state index in [1.807, 2.05) is 0 Å². The zero-order valence-corrected chi connectivity index (χ0v) is 12.2. The van der Waals surface area contributed by atoms with Crippen LogP contribution in [0.5, 0.6) is 5.75 Å². The van der Waals surface area contributed by atoms with Crippen LogP contribution in [-0.4, -0.2) is 5.78 Å². The van der Waals surface area contributed by atoms with Crippen molar-refractivity contribution in [3.63, 3.8) is 0 Å². The van der Waals surface area contributed by atoms with Crippen LogP contribution in [0, 0.1) is 11.6 Å². The molecule has 2 nitrogen and oxygen atoms in total. The van der Waals surface area contributed by atoms with E-state index in [1.165, 1.54) is 19.1 Å². The number of ketones is 1. The van der Waals surface area contributed by atoms with E-state index in [0.29, 0.717) is 16.9 Å². The third-order valence-electron chi connectivity index (χ3n) is 2.64. The smallest absolute Gasteiger partial charge is 0.163 e. The first-order valence-electron chi connectivity index (χ1n) is 5.84. The summed E-state index contributed by atoms with van der Waals surface area (Å²) in [6.07, 6.45) is 0. The molecule has 2 aromatic rings. The molecule has 0 N–H and O–H groups in total. The molecule has 0 saturated heterocycles. The van der Waals surface area contributed by atoms with Gasteiger partial charge in [-0.05, 0) is 42.8 Å². The van der Waals surface area contributed by atoms with E-state index in [4.69, 9.17) is 4.74 Å². The number of ether oxygens (including phenoxy) is 1. The fourth-order valence-corrected chi connectivity index (χ4v) is 2.12. The molecule has 0 amide bonds. The minimum absolute atomic E-state index is 0.0173. The fraction of sp³-hybridized carbons (Fsp3) is 0.133. The Morgan fingerprint density at radius 2 is 1.80 bits per heavy atom. The molecule has 0 saturated carbocycles. The second kappa shape index (κ2) is 6.13. The lowest BCUT2D eigenvalue weighted by atomic mass is 10.1. The van der Waals surface area contributed by atoms with Gasteiger partial charge in [-0.2, -0.15) is 0 Å². The van der Waals surface area contributed by atoms with E-state index < -0.39 is 11.6 Å². The first-order chi connectivity index (χ1) is 9.45. The maximum absolute atomic E-state index is 13.1. The van der Waals surface area contributed by atoms with Gasteiger partial charge < -0.3 is 4.74 Å². The summed E-state index contributed by atoms with van der Waals surface area (Å²) in [7, 11) is 0. The van der Waals surface area contributed by atoms with Crippen LogP contribution in [-0.2, 0) is 6.61 Å². The van der Waals surface area contributed by atoms with Crippen molar-refractivity contribution < 1.29 is 18.3 Å². The lowest BCUT2D eigenvalue weighted by molar-refractivity contribution is 0.101. The van der Waals surface area contributed by atoms with Gasteiger partial charge >= 0.3 is 0 Å². The second-order valence-corrected chi connectivity index (χ2v) is 5.18. The Morgan fingerprint density at radius 3 is 2.40 bits per heavy atom. The maximum atomic E-state index is 13.1. The first-order valence-corrected chi connectivity index (χ1v) is 6.63. The van der Waals surface area contributed by atoms with E-state index in [1.54, 1.807) is 18.2 Å². The van der Waals surface area contributed by atoms with Crippen molar-refractivity contribution in [3.8, 4) is 5.75 Å². The van der Waals surface area contributed by atoms with E-state index in [-0.39, 0.29) is 12.4 Å². The topological polar surface area (TPSA) is 26.3 Å². The minimum atomic E-state index is -0.661. The predicted molar refractivity (Wildman–Crippen MR) is 74.8 cm³/mol. The van der Waals surface area contributed by atoms with Crippen LogP contribution in [0.1, 0.15) is 22.8 Å². The van der Waals surface area contributed by atoms with Gasteiger partial charge in [-0.25, -0.2) is 8.78 Å². The van der Waals surface area contributed by atoms with Crippen LogP contribution in [0.15, 0.2) is 40.9 Å². The van der Waals surface area contributed by atoms with Crippen molar-refractivity contribution in [2.24, 2.45) is 0 Å². The summed E-state index contributed by atoms with van der Waals surface area (Å²) in [6.45, 7) is 1.41. The standard InChI is InChI=1S/C15H11BrF2O2/c1-9(19)14-6-11(16)2-3-15(14)20-8-10-4-12(17)7-13(18)5-10/h2-7H,8H2,1H3. The maximum Gasteiger partial charge on any atom is 0.163 e. The van der Waals surface area contributed by atoms with Gasteiger partial charge in [0.25, 0.3) is 0 Å². The average molecular weight is 341 g/mol. The van der Waals surface area contributed by atoms with Gasteiger partial charge in [-0.1, -0.05) is 15.9 Å². The van der Waals surface area contributed by atoms with Crippen molar-refractivity contribution in [2.45, 2.75) is 13.5 Å². The Hall–Kier alpha value is -1.75. The molecule has 0 aliphatic carbocycles. The molecule has 0 spiro atoms. The predicted octanol–water partition coefficient (Wildman–Crippen LogP) is 4.51. The highest BCUT2D eigenvalue weighted by Gasteiger charge is 2.10. The SMILES string of the molecule is CC(=O)c1cc(Br)ccc1OCc1cc(F)cc(F)c1. The number of hydrogen-bond donors (Lipinski definition) is 0. The Balaban J connectivity index is 2.20. The third kappa shape index (κ3) is 3.63. The highest BCUT2D eigenvalue weighted by molar-refractivity contribution is 9.10. The number of halogens is 3. The third-order valence-corrected chi connectivity index (χ3v) is 3.13. The summed E-state index contributed by atoms with van der Waals surface area (Å²) >= 11 is 3.27. The summed E-state index contributed by atoms with van der Waals surface area (Å²) in [5.74, 6) is -1.09. The molecule has 0 radical (unpaired) electrons. The van der Waals surface area contributed by atoms with Gasteiger partial charge in [0.2, 0.25) is 0 Å². The van der Waals surface area contributed by atoms with Gasteiger partial charge in [-0.15, -0.1) is 0 Å². The van der Waals surface area contributed by atoms with Crippen LogP contribution in [0.2, 0.25) is 0 Å². The van der Waals surface area contributed by atoms with Crippen molar-refractivity contribution in [2.75, 3.05) is 0 Å². The number of benzene rings is 2. The van der Waals surface area contributed by atoms with Crippen LogP contribution >= 0.6 is 15.9 Å². The molecule has 0 fully saturated rings. The molecule has 5 heteroatoms. The van der Waals surface area contributed by atoms with Gasteiger partial charge in [0, 0.05) is 10.5 Å². The Kier molecular flexibility index (Phi) is 4.49. The zero-order valence-electron chi connectivity index (χ0n) is 10.6. The molecule has 20 heavy (non-hydrogen) atoms. The average Bonchev–Trinajstić information content (AvgIpc) is 2.36. The number of hydrogen-bond acceptors (Lipinski definition) is 2. The molecule has 0 atom stereocenters. The van der Waals surface area contributed by atoms with Gasteiger partial charge in [-0.3, -0.25) is 4.79 Å². The minimum Gasteiger partial charge on any atom is -0.488 e. The van der Waals surface area contributed by atoms with Gasteiger partial charge in [0.05, 0.1) is 5.56 Å². The van der Waals surface area contributed by atoms with Crippen molar-refractivity contribution in [1.29, 1.82) is 0 Å². The molecule has 0 aliphatic heterocycles. The Labute approximate surface area is 123 Å². The molecular weight excluding hydrogens is 330 g/mol. The quantitative estimate of drug-likeness (QED) is 0.765. The largest absolute Gasteiger partial charge is 0.488 e. The molecule has 0 unspecified atom stereocenters. The van der Waals surface area contributed by atoms with Crippen LogP contribution < -0.4 is 4.74 Å². The van der Waals surface area contributed by atoms with Crippen LogP contribution in [0.3, 0.4) is 0 Å². The molecule has 2 aromatic carbocycles. The Bertz CT molecular complexity index is 636. The highest BCUT2D eigenvalue weighted by atomic mass is 79.9. The summed E-state index contributed by atoms with van der Waals surface area (Å²) in [6, 6.07) is 8.18. The molecule has 104 valence electrons. The monoisotopic (exact) mass is 340 g/mol. The van der Waals surface area contributed by atoms with E-state index in [9.17, 15) is 13.6 Å². The Morgan fingerprint density at radius 1 is 1.15 bits per heavy atom. The van der Waals surface area contributed by atoms with Crippen molar-refractivity contribution in [3.05, 3.63) is 63.6 Å². The fourth-order valence-electron chi connectivity index (χ4n) is 1.76. The van der Waals surface area contributed by atoms with Gasteiger partial charge in [0.1, 0.15) is 24.0 Å². The van der Waals surface area contributed by atoms with Gasteiger partial charge in [0.15, 0.2) is 5.78 Å².